The van der Waals surface area contributed by atoms with Gasteiger partial charge in [-0.1, -0.05) is 41.2 Å². The highest BCUT2D eigenvalue weighted by molar-refractivity contribution is 8.38. The molecule has 0 aromatic heterocycles. The van der Waals surface area contributed by atoms with Gasteiger partial charge < -0.3 is 10.1 Å². The third kappa shape index (κ3) is 6.36. The number of aliphatic imine (C=N–C) groups is 1. The van der Waals surface area contributed by atoms with E-state index >= 15 is 0 Å². The number of rotatable bonds is 6. The molecule has 0 atom stereocenters. The zero-order valence-corrected chi connectivity index (χ0v) is 18.3. The molecule has 2 aromatic carbocycles. The first-order valence-electron chi connectivity index (χ1n) is 9.23. The highest BCUT2D eigenvalue weighted by atomic mass is 32.2. The monoisotopic (exact) mass is 442 g/mol. The molecule has 0 bridgehead atoms. The molecule has 30 heavy (non-hydrogen) atoms. The average Bonchev–Trinajstić information content (AvgIpc) is 3.27. The van der Waals surface area contributed by atoms with Gasteiger partial charge in [-0.2, -0.15) is 5.10 Å². The molecule has 2 amide bonds. The number of anilines is 1. The van der Waals surface area contributed by atoms with Crippen molar-refractivity contribution in [2.75, 3.05) is 24.7 Å². The largest absolute Gasteiger partial charge is 0.496 e. The highest BCUT2D eigenvalue weighted by Gasteiger charge is 2.13. The normalized spacial score (nSPS) is 13.2. The third-order valence-corrected chi connectivity index (χ3v) is 6.41. The second kappa shape index (κ2) is 10.8. The molecule has 0 spiro atoms. The molecule has 0 unspecified atom stereocenters. The van der Waals surface area contributed by atoms with E-state index in [-0.39, 0.29) is 0 Å². The van der Waals surface area contributed by atoms with Gasteiger partial charge in [-0.25, -0.2) is 5.43 Å². The molecule has 1 aliphatic heterocycles. The topological polar surface area (TPSA) is 92.1 Å². The van der Waals surface area contributed by atoms with Crippen LogP contribution in [-0.2, 0) is 15.3 Å². The number of ether oxygens (including phenoxy) is 1. The van der Waals surface area contributed by atoms with Crippen LogP contribution in [0.1, 0.15) is 16.7 Å². The number of hydrazone groups is 1. The Bertz CT molecular complexity index is 975. The maximum atomic E-state index is 12.0. The molecule has 0 radical (unpaired) electrons. The number of thioether (sulfide) groups is 2. The number of carbonyl (C=O) groups is 2. The summed E-state index contributed by atoms with van der Waals surface area (Å²) in [4.78, 5) is 28.3. The third-order valence-electron chi connectivity index (χ3n) is 4.11. The standard InChI is InChI=1S/C21H22N4O3S2/c1-14-3-6-17(7-4-14)24-19(26)20(27)25-23-12-15-5-8-18(28-2)16(11-15)13-30-21-22-9-10-29-21/h3-8,11-12H,9-10,13H2,1-2H3,(H,24,26)(H,25,27). The van der Waals surface area contributed by atoms with Gasteiger partial charge in [0.2, 0.25) is 0 Å². The lowest BCUT2D eigenvalue weighted by Crippen LogP contribution is -2.32. The highest BCUT2D eigenvalue weighted by Crippen LogP contribution is 2.29. The molecule has 1 heterocycles. The first-order valence-corrected chi connectivity index (χ1v) is 11.2. The number of hydrogen-bond donors (Lipinski definition) is 2. The molecule has 0 aliphatic carbocycles. The van der Waals surface area contributed by atoms with Gasteiger partial charge in [-0.05, 0) is 42.8 Å². The predicted octanol–water partition coefficient (Wildman–Crippen LogP) is 3.43. The van der Waals surface area contributed by atoms with E-state index in [1.165, 1.54) is 6.21 Å². The van der Waals surface area contributed by atoms with E-state index in [1.807, 2.05) is 37.3 Å². The van der Waals surface area contributed by atoms with Gasteiger partial charge in [0.15, 0.2) is 0 Å². The average molecular weight is 443 g/mol. The van der Waals surface area contributed by atoms with Gasteiger partial charge >= 0.3 is 11.8 Å². The molecule has 0 saturated heterocycles. The molecule has 2 N–H and O–H groups in total. The lowest BCUT2D eigenvalue weighted by Gasteiger charge is -2.09. The Labute approximate surface area is 183 Å². The summed E-state index contributed by atoms with van der Waals surface area (Å²) in [6.07, 6.45) is 1.49. The van der Waals surface area contributed by atoms with Crippen LogP contribution in [0, 0.1) is 6.92 Å². The van der Waals surface area contributed by atoms with Crippen molar-refractivity contribution in [1.29, 1.82) is 0 Å². The van der Waals surface area contributed by atoms with Gasteiger partial charge in [0, 0.05) is 22.8 Å². The Hall–Kier alpha value is -2.78. The van der Waals surface area contributed by atoms with Crippen molar-refractivity contribution in [1.82, 2.24) is 5.43 Å². The number of benzene rings is 2. The van der Waals surface area contributed by atoms with Crippen molar-refractivity contribution < 1.29 is 14.3 Å². The molecular formula is C21H22N4O3S2. The number of amides is 2. The Balaban J connectivity index is 1.56. The van der Waals surface area contributed by atoms with Crippen molar-refractivity contribution in [3.8, 4) is 5.75 Å². The zero-order chi connectivity index (χ0) is 21.3. The summed E-state index contributed by atoms with van der Waals surface area (Å²) >= 11 is 3.44. The molecule has 156 valence electrons. The molecule has 7 nitrogen and oxygen atoms in total. The fourth-order valence-corrected chi connectivity index (χ4v) is 4.56. The van der Waals surface area contributed by atoms with Crippen molar-refractivity contribution in [3.05, 3.63) is 59.2 Å². The number of methoxy groups -OCH3 is 1. The van der Waals surface area contributed by atoms with E-state index in [4.69, 9.17) is 4.74 Å². The Morgan fingerprint density at radius 2 is 2.03 bits per heavy atom. The van der Waals surface area contributed by atoms with Crippen LogP contribution in [0.2, 0.25) is 0 Å². The molecular weight excluding hydrogens is 420 g/mol. The summed E-state index contributed by atoms with van der Waals surface area (Å²) in [5.74, 6) is 0.917. The molecule has 1 aliphatic rings. The van der Waals surface area contributed by atoms with Gasteiger partial charge in [0.25, 0.3) is 0 Å². The number of aryl methyl sites for hydroxylation is 1. The minimum atomic E-state index is -0.840. The predicted molar refractivity (Wildman–Crippen MR) is 125 cm³/mol. The first-order chi connectivity index (χ1) is 14.5. The van der Waals surface area contributed by atoms with Crippen LogP contribution in [0.5, 0.6) is 5.75 Å². The van der Waals surface area contributed by atoms with Crippen LogP contribution >= 0.6 is 23.5 Å². The molecule has 3 rings (SSSR count). The fourth-order valence-electron chi connectivity index (χ4n) is 2.57. The van der Waals surface area contributed by atoms with Crippen molar-refractivity contribution in [3.63, 3.8) is 0 Å². The fraction of sp³-hybridized carbons (Fsp3) is 0.238. The zero-order valence-electron chi connectivity index (χ0n) is 16.7. The van der Waals surface area contributed by atoms with E-state index in [2.05, 4.69) is 20.8 Å². The Kier molecular flexibility index (Phi) is 7.92. The summed E-state index contributed by atoms with van der Waals surface area (Å²) in [6.45, 7) is 2.81. The number of hydrogen-bond acceptors (Lipinski definition) is 7. The number of nitrogens with one attached hydrogen (secondary N) is 2. The van der Waals surface area contributed by atoms with Crippen molar-refractivity contribution in [2.45, 2.75) is 12.7 Å². The molecule has 2 aromatic rings. The molecule has 9 heteroatoms. The van der Waals surface area contributed by atoms with Crippen LogP contribution in [0.4, 0.5) is 5.69 Å². The van der Waals surface area contributed by atoms with Crippen LogP contribution < -0.4 is 15.5 Å². The quantitative estimate of drug-likeness (QED) is 0.406. The van der Waals surface area contributed by atoms with E-state index < -0.39 is 11.8 Å². The van der Waals surface area contributed by atoms with E-state index in [1.54, 1.807) is 42.8 Å². The molecule has 0 saturated carbocycles. The smallest absolute Gasteiger partial charge is 0.329 e. The van der Waals surface area contributed by atoms with Gasteiger partial charge in [0.1, 0.15) is 10.1 Å². The van der Waals surface area contributed by atoms with E-state index in [0.29, 0.717) is 5.69 Å². The Morgan fingerprint density at radius 1 is 1.23 bits per heavy atom. The summed E-state index contributed by atoms with van der Waals surface area (Å²) in [7, 11) is 1.63. The van der Waals surface area contributed by atoms with Crippen LogP contribution in [0.25, 0.3) is 0 Å². The maximum absolute atomic E-state index is 12.0. The minimum absolute atomic E-state index is 0.548. The summed E-state index contributed by atoms with van der Waals surface area (Å²) < 4.78 is 6.51. The van der Waals surface area contributed by atoms with Gasteiger partial charge in [-0.15, -0.1) is 0 Å². The van der Waals surface area contributed by atoms with Crippen molar-refractivity contribution >= 4 is 51.6 Å². The summed E-state index contributed by atoms with van der Waals surface area (Å²) in [5, 5.41) is 6.42. The second-order valence-corrected chi connectivity index (χ2v) is 8.68. The first kappa shape index (κ1) is 21.9. The summed E-state index contributed by atoms with van der Waals surface area (Å²) in [6, 6.07) is 12.8. The number of nitrogens with zero attached hydrogens (tertiary/aromatic N) is 2. The van der Waals surface area contributed by atoms with E-state index in [9.17, 15) is 9.59 Å². The second-order valence-electron chi connectivity index (χ2n) is 6.38. The minimum Gasteiger partial charge on any atom is -0.496 e. The van der Waals surface area contributed by atoms with Crippen LogP contribution in [0.15, 0.2) is 52.6 Å². The maximum Gasteiger partial charge on any atom is 0.329 e. The SMILES string of the molecule is COc1ccc(C=NNC(=O)C(=O)Nc2ccc(C)cc2)cc1CSC1=NCCS1. The Morgan fingerprint density at radius 3 is 2.73 bits per heavy atom. The number of carbonyl (C=O) groups excluding carboxylic acids is 2. The van der Waals surface area contributed by atoms with Crippen molar-refractivity contribution in [2.24, 2.45) is 10.1 Å². The lowest BCUT2D eigenvalue weighted by molar-refractivity contribution is -0.136. The van der Waals surface area contributed by atoms with Gasteiger partial charge in [0.05, 0.1) is 19.9 Å². The van der Waals surface area contributed by atoms with E-state index in [0.717, 1.165) is 44.9 Å². The summed E-state index contributed by atoms with van der Waals surface area (Å²) in [5.41, 5.74) is 5.65. The lowest BCUT2D eigenvalue weighted by atomic mass is 10.1. The van der Waals surface area contributed by atoms with Crippen LogP contribution in [-0.4, -0.2) is 41.8 Å². The molecule has 0 fully saturated rings. The van der Waals surface area contributed by atoms with Crippen LogP contribution in [0.3, 0.4) is 0 Å². The van der Waals surface area contributed by atoms with Gasteiger partial charge in [-0.3, -0.25) is 14.6 Å².